The van der Waals surface area contributed by atoms with E-state index in [-0.39, 0.29) is 0 Å². The summed E-state index contributed by atoms with van der Waals surface area (Å²) in [5.41, 5.74) is 9.60. The lowest BCUT2D eigenvalue weighted by atomic mass is 10.1. The number of ether oxygens (including phenoxy) is 1. The molecule has 6 heteroatoms. The van der Waals surface area contributed by atoms with Gasteiger partial charge in [-0.2, -0.15) is 0 Å². The van der Waals surface area contributed by atoms with Gasteiger partial charge in [-0.3, -0.25) is 4.57 Å². The lowest BCUT2D eigenvalue weighted by Crippen LogP contribution is -2.10. The van der Waals surface area contributed by atoms with Gasteiger partial charge in [0.05, 0.1) is 17.6 Å². The molecule has 7 aromatic carbocycles. The van der Waals surface area contributed by atoms with E-state index in [0.29, 0.717) is 12.5 Å². The number of aromatic nitrogens is 4. The van der Waals surface area contributed by atoms with Gasteiger partial charge in [0, 0.05) is 50.3 Å². The van der Waals surface area contributed by atoms with Crippen molar-refractivity contribution in [3.63, 3.8) is 0 Å². The molecule has 2 aromatic heterocycles. The topological polar surface area (TPSA) is 48.1 Å². The number of hydrogen-bond acceptors (Lipinski definition) is 4. The minimum absolute atomic E-state index is 0.452. The summed E-state index contributed by atoms with van der Waals surface area (Å²) in [6.07, 6.45) is 0. The molecule has 262 valence electrons. The Balaban J connectivity index is 1.10. The molecule has 0 N–H and O–H groups in total. The molecule has 0 unspecified atom stereocenters. The quantitative estimate of drug-likeness (QED) is 0.142. The molecule has 54 heavy (non-hydrogen) atoms. The summed E-state index contributed by atoms with van der Waals surface area (Å²) in [5.74, 6) is 2.83. The van der Waals surface area contributed by atoms with Gasteiger partial charge < -0.3 is 14.2 Å². The van der Waals surface area contributed by atoms with Crippen molar-refractivity contribution in [3.8, 4) is 39.9 Å². The monoisotopic (exact) mass is 701 g/mol. The normalized spacial score (nSPS) is 11.4. The molecule has 0 aliphatic carbocycles. The van der Waals surface area contributed by atoms with Gasteiger partial charge >= 0.3 is 0 Å². The number of anilines is 3. The van der Waals surface area contributed by atoms with Crippen molar-refractivity contribution in [3.05, 3.63) is 182 Å². The van der Waals surface area contributed by atoms with Crippen molar-refractivity contribution >= 4 is 38.9 Å². The summed E-state index contributed by atoms with van der Waals surface area (Å²) in [7, 11) is 0. The molecule has 0 atom stereocenters. The molecular weight excluding hydrogens is 663 g/mol. The van der Waals surface area contributed by atoms with E-state index in [1.54, 1.807) is 0 Å². The summed E-state index contributed by atoms with van der Waals surface area (Å²) >= 11 is 0. The fourth-order valence-electron chi connectivity index (χ4n) is 7.18. The van der Waals surface area contributed by atoms with Crippen LogP contribution in [0.3, 0.4) is 0 Å². The molecule has 0 aliphatic rings. The van der Waals surface area contributed by atoms with Crippen LogP contribution in [0.15, 0.2) is 182 Å². The van der Waals surface area contributed by atoms with Gasteiger partial charge in [-0.05, 0) is 103 Å². The first-order valence-electron chi connectivity index (χ1n) is 18.4. The zero-order chi connectivity index (χ0) is 36.4. The highest BCUT2D eigenvalue weighted by Crippen LogP contribution is 2.38. The number of fused-ring (bicyclic) bond motifs is 3. The van der Waals surface area contributed by atoms with Gasteiger partial charge in [-0.25, -0.2) is 0 Å². The Labute approximate surface area is 315 Å². The van der Waals surface area contributed by atoms with Crippen molar-refractivity contribution in [2.24, 2.45) is 5.92 Å². The molecular formula is C48H39N5O. The van der Waals surface area contributed by atoms with Crippen LogP contribution in [0.4, 0.5) is 17.1 Å². The molecule has 9 rings (SSSR count). The molecule has 0 spiro atoms. The van der Waals surface area contributed by atoms with Gasteiger partial charge in [0.15, 0.2) is 11.6 Å². The van der Waals surface area contributed by atoms with Gasteiger partial charge in [0.1, 0.15) is 5.75 Å². The molecule has 6 nitrogen and oxygen atoms in total. The van der Waals surface area contributed by atoms with E-state index >= 15 is 0 Å². The van der Waals surface area contributed by atoms with Gasteiger partial charge in [0.25, 0.3) is 0 Å². The maximum absolute atomic E-state index is 5.97. The predicted octanol–water partition coefficient (Wildman–Crippen LogP) is 12.2. The average Bonchev–Trinajstić information content (AvgIpc) is 3.82. The molecule has 0 saturated heterocycles. The van der Waals surface area contributed by atoms with Crippen LogP contribution in [0.1, 0.15) is 13.8 Å². The van der Waals surface area contributed by atoms with Crippen LogP contribution < -0.4 is 9.64 Å². The zero-order valence-corrected chi connectivity index (χ0v) is 30.2. The molecule has 2 heterocycles. The van der Waals surface area contributed by atoms with E-state index < -0.39 is 0 Å². The number of hydrogen-bond donors (Lipinski definition) is 0. The van der Waals surface area contributed by atoms with Crippen LogP contribution in [-0.4, -0.2) is 25.9 Å². The van der Waals surface area contributed by atoms with Crippen LogP contribution >= 0.6 is 0 Å². The highest BCUT2D eigenvalue weighted by atomic mass is 16.5. The average molecular weight is 702 g/mol. The molecule has 0 saturated carbocycles. The lowest BCUT2D eigenvalue weighted by Gasteiger charge is -2.26. The molecule has 0 bridgehead atoms. The third kappa shape index (κ3) is 6.18. The van der Waals surface area contributed by atoms with E-state index in [2.05, 4.69) is 180 Å². The first kappa shape index (κ1) is 33.0. The van der Waals surface area contributed by atoms with Gasteiger partial charge in [0.2, 0.25) is 0 Å². The molecule has 0 aliphatic heterocycles. The molecule has 9 aromatic rings. The minimum Gasteiger partial charge on any atom is -0.493 e. The smallest absolute Gasteiger partial charge is 0.168 e. The highest BCUT2D eigenvalue weighted by Gasteiger charge is 2.19. The van der Waals surface area contributed by atoms with Gasteiger partial charge in [-0.1, -0.05) is 98.8 Å². The Kier molecular flexibility index (Phi) is 8.69. The summed E-state index contributed by atoms with van der Waals surface area (Å²) in [5, 5.41) is 11.9. The van der Waals surface area contributed by atoms with Crippen LogP contribution in [0, 0.1) is 5.92 Å². The summed E-state index contributed by atoms with van der Waals surface area (Å²) < 4.78 is 10.5. The summed E-state index contributed by atoms with van der Waals surface area (Å²) in [6.45, 7) is 4.97. The maximum atomic E-state index is 5.97. The summed E-state index contributed by atoms with van der Waals surface area (Å²) in [6, 6.07) is 63.6. The number of benzene rings is 7. The van der Waals surface area contributed by atoms with Crippen molar-refractivity contribution in [2.45, 2.75) is 13.8 Å². The number of para-hydroxylation sites is 3. The van der Waals surface area contributed by atoms with E-state index in [0.717, 1.165) is 57.0 Å². The number of rotatable bonds is 10. The van der Waals surface area contributed by atoms with Crippen LogP contribution in [-0.2, 0) is 0 Å². The number of nitrogens with zero attached hydrogens (tertiary/aromatic N) is 5. The molecule has 0 amide bonds. The highest BCUT2D eigenvalue weighted by molar-refractivity contribution is 6.09. The Morgan fingerprint density at radius 3 is 1.44 bits per heavy atom. The van der Waals surface area contributed by atoms with Crippen LogP contribution in [0.25, 0.3) is 56.0 Å². The first-order chi connectivity index (χ1) is 26.6. The van der Waals surface area contributed by atoms with Crippen molar-refractivity contribution < 1.29 is 4.74 Å². The van der Waals surface area contributed by atoms with Crippen molar-refractivity contribution in [2.75, 3.05) is 11.5 Å². The van der Waals surface area contributed by atoms with Crippen LogP contribution in [0.5, 0.6) is 5.75 Å². The standard InChI is InChI=1S/C48H39N5O/c1-34(2)33-54-42-31-21-36(22-32-42)48-50-49-47(35-13-5-3-6-14-35)53(48)41-29-25-39(26-30-41)51(37-15-7-4-8-16-37)38-23-27-40(28-24-38)52-45-19-11-9-17-43(45)44-18-10-12-20-46(44)52/h3-32,34H,33H2,1-2H3. The molecule has 0 fully saturated rings. The zero-order valence-electron chi connectivity index (χ0n) is 30.2. The second-order valence-corrected chi connectivity index (χ2v) is 13.9. The Morgan fingerprint density at radius 2 is 0.907 bits per heavy atom. The van der Waals surface area contributed by atoms with E-state index in [9.17, 15) is 0 Å². The van der Waals surface area contributed by atoms with Crippen molar-refractivity contribution in [1.29, 1.82) is 0 Å². The van der Waals surface area contributed by atoms with Crippen molar-refractivity contribution in [1.82, 2.24) is 19.3 Å². The van der Waals surface area contributed by atoms with Gasteiger partial charge in [-0.15, -0.1) is 10.2 Å². The fourth-order valence-corrected chi connectivity index (χ4v) is 7.18. The summed E-state index contributed by atoms with van der Waals surface area (Å²) in [4.78, 5) is 2.29. The fraction of sp³-hybridized carbons (Fsp3) is 0.0833. The van der Waals surface area contributed by atoms with E-state index in [4.69, 9.17) is 14.9 Å². The first-order valence-corrected chi connectivity index (χ1v) is 18.4. The predicted molar refractivity (Wildman–Crippen MR) is 222 cm³/mol. The third-order valence-corrected chi connectivity index (χ3v) is 9.72. The van der Waals surface area contributed by atoms with Crippen LogP contribution in [0.2, 0.25) is 0 Å². The van der Waals surface area contributed by atoms with E-state index in [1.807, 2.05) is 30.3 Å². The van der Waals surface area contributed by atoms with E-state index in [1.165, 1.54) is 21.8 Å². The Bertz CT molecular complexity index is 2610. The Hall–Kier alpha value is -6.92. The minimum atomic E-state index is 0.452. The third-order valence-electron chi connectivity index (χ3n) is 9.72. The largest absolute Gasteiger partial charge is 0.493 e. The Morgan fingerprint density at radius 1 is 0.463 bits per heavy atom. The maximum Gasteiger partial charge on any atom is 0.168 e. The lowest BCUT2D eigenvalue weighted by molar-refractivity contribution is 0.271. The SMILES string of the molecule is CC(C)COc1ccc(-c2nnc(-c3ccccc3)n2-c2ccc(N(c3ccccc3)c3ccc(-n4c5ccccc5c5ccccc54)cc3)cc2)cc1. The second-order valence-electron chi connectivity index (χ2n) is 13.9. The second kappa shape index (κ2) is 14.2. The molecule has 0 radical (unpaired) electrons.